The number of anilines is 1. The molecule has 1 aliphatic carbocycles. The molecule has 2 amide bonds. The molecule has 0 bridgehead atoms. The molecule has 1 saturated heterocycles. The van der Waals surface area contributed by atoms with E-state index in [-0.39, 0.29) is 17.4 Å². The van der Waals surface area contributed by atoms with Crippen LogP contribution in [0.1, 0.15) is 72.0 Å². The van der Waals surface area contributed by atoms with E-state index >= 15 is 0 Å². The molecule has 1 aliphatic heterocycles. The molecule has 1 saturated carbocycles. The summed E-state index contributed by atoms with van der Waals surface area (Å²) in [7, 11) is 3.58. The van der Waals surface area contributed by atoms with Gasteiger partial charge >= 0.3 is 0 Å². The first-order valence-electron chi connectivity index (χ1n) is 14.5. The Bertz CT molecular complexity index is 1480. The van der Waals surface area contributed by atoms with Crippen LogP contribution in [0, 0.1) is 30.1 Å². The number of hydrogen-bond acceptors (Lipinski definition) is 6. The Hall–Kier alpha value is -3.90. The number of methoxy groups -OCH3 is 1. The van der Waals surface area contributed by atoms with Crippen molar-refractivity contribution in [2.24, 2.45) is 18.9 Å². The molecule has 2 fully saturated rings. The highest BCUT2D eigenvalue weighted by molar-refractivity contribution is 6.06. The first-order valence-corrected chi connectivity index (χ1v) is 14.5. The zero-order chi connectivity index (χ0) is 29.1. The van der Waals surface area contributed by atoms with Crippen LogP contribution in [0.5, 0.6) is 5.75 Å². The normalized spacial score (nSPS) is 19.3. The van der Waals surface area contributed by atoms with Crippen molar-refractivity contribution in [1.82, 2.24) is 14.5 Å². The van der Waals surface area contributed by atoms with Crippen molar-refractivity contribution in [1.29, 1.82) is 5.26 Å². The number of piperidine rings is 1. The Labute approximate surface area is 241 Å². The fourth-order valence-corrected chi connectivity index (χ4v) is 6.50. The quantitative estimate of drug-likeness (QED) is 0.383. The molecule has 9 heteroatoms. The third kappa shape index (κ3) is 5.80. The Morgan fingerprint density at radius 2 is 1.98 bits per heavy atom. The molecular weight excluding hydrogens is 518 g/mol. The van der Waals surface area contributed by atoms with Crippen molar-refractivity contribution in [3.8, 4) is 11.8 Å². The number of likely N-dealkylation sites (tertiary alicyclic amines) is 1. The highest BCUT2D eigenvalue weighted by Crippen LogP contribution is 2.40. The second-order valence-corrected chi connectivity index (χ2v) is 11.4. The average Bonchev–Trinajstić information content (AvgIpc) is 3.63. The second kappa shape index (κ2) is 12.3. The predicted molar refractivity (Wildman–Crippen MR) is 157 cm³/mol. The largest absolute Gasteiger partial charge is 0.490 e. The summed E-state index contributed by atoms with van der Waals surface area (Å²) in [6, 6.07) is 6.93. The van der Waals surface area contributed by atoms with E-state index < -0.39 is 0 Å². The van der Waals surface area contributed by atoms with Crippen LogP contribution < -0.4 is 10.1 Å². The smallest absolute Gasteiger partial charge is 0.255 e. The Balaban J connectivity index is 1.36. The number of aromatic nitrogens is 2. The van der Waals surface area contributed by atoms with Crippen LogP contribution in [0.4, 0.5) is 5.69 Å². The number of ether oxygens (including phenoxy) is 2. The van der Waals surface area contributed by atoms with Gasteiger partial charge in [0.2, 0.25) is 5.91 Å². The van der Waals surface area contributed by atoms with Crippen LogP contribution in [-0.2, 0) is 16.6 Å². The van der Waals surface area contributed by atoms with E-state index in [0.717, 1.165) is 61.8 Å². The third-order valence-electron chi connectivity index (χ3n) is 8.75. The van der Waals surface area contributed by atoms with E-state index in [9.17, 15) is 14.9 Å². The fourth-order valence-electron chi connectivity index (χ4n) is 6.50. The molecular formula is C32H39N5O4. The molecule has 2 atom stereocenters. The molecule has 1 aromatic carbocycles. The number of nitrogens with one attached hydrogen (secondary N) is 1. The topological polar surface area (TPSA) is 109 Å². The first kappa shape index (κ1) is 28.6. The van der Waals surface area contributed by atoms with Gasteiger partial charge in [0, 0.05) is 50.3 Å². The maximum Gasteiger partial charge on any atom is 0.255 e. The number of benzene rings is 1. The molecule has 2 aliphatic rings. The van der Waals surface area contributed by atoms with E-state index in [1.165, 1.54) is 11.6 Å². The maximum atomic E-state index is 13.2. The number of carbonyl (C=O) groups is 2. The molecule has 0 unspecified atom stereocenters. The molecule has 3 heterocycles. The van der Waals surface area contributed by atoms with Gasteiger partial charge in [-0.15, -0.1) is 0 Å². The van der Waals surface area contributed by atoms with E-state index in [4.69, 9.17) is 14.5 Å². The van der Waals surface area contributed by atoms with Gasteiger partial charge in [0.25, 0.3) is 5.91 Å². The molecule has 5 rings (SSSR count). The summed E-state index contributed by atoms with van der Waals surface area (Å²) >= 11 is 0. The molecule has 1 N–H and O–H groups in total. The van der Waals surface area contributed by atoms with Crippen molar-refractivity contribution >= 4 is 28.5 Å². The van der Waals surface area contributed by atoms with Crippen LogP contribution in [0.3, 0.4) is 0 Å². The number of carbonyl (C=O) groups excluding carboxylic acids is 2. The third-order valence-corrected chi connectivity index (χ3v) is 8.75. The first-order chi connectivity index (χ1) is 19.8. The maximum absolute atomic E-state index is 13.2. The zero-order valence-electron chi connectivity index (χ0n) is 24.4. The van der Waals surface area contributed by atoms with Crippen molar-refractivity contribution in [2.75, 3.05) is 38.7 Å². The number of pyridine rings is 1. The van der Waals surface area contributed by atoms with Crippen LogP contribution in [-0.4, -0.2) is 59.7 Å². The van der Waals surface area contributed by atoms with Gasteiger partial charge in [0.1, 0.15) is 24.1 Å². The lowest BCUT2D eigenvalue weighted by molar-refractivity contribution is -0.137. The minimum absolute atomic E-state index is 0.206. The minimum atomic E-state index is -0.321. The summed E-state index contributed by atoms with van der Waals surface area (Å²) in [4.78, 5) is 33.1. The van der Waals surface area contributed by atoms with Crippen molar-refractivity contribution in [2.45, 2.75) is 51.9 Å². The van der Waals surface area contributed by atoms with Crippen LogP contribution in [0.2, 0.25) is 0 Å². The molecule has 3 aromatic rings. The summed E-state index contributed by atoms with van der Waals surface area (Å²) in [5, 5.41) is 13.7. The van der Waals surface area contributed by atoms with Crippen molar-refractivity contribution in [3.05, 3.63) is 52.8 Å². The summed E-state index contributed by atoms with van der Waals surface area (Å²) in [5.74, 6) is 1.24. The van der Waals surface area contributed by atoms with E-state index in [1.54, 1.807) is 25.4 Å². The summed E-state index contributed by atoms with van der Waals surface area (Å²) in [6.07, 6.45) is 9.15. The SMILES string of the molecule is COCCOc1ccc(C(=O)Nc2cnc3c(c([C@@H]4CCN(C(=O)C5CCCC5)C[C@@H]4C)cn3C)c2C)cc1C#N. The minimum Gasteiger partial charge on any atom is -0.490 e. The molecule has 216 valence electrons. The van der Waals surface area contributed by atoms with Gasteiger partial charge in [-0.05, 0) is 67.3 Å². The standard InChI is InChI=1S/C32H39N5O4/c1-20-18-37(32(39)22-7-5-6-8-22)12-11-25(20)26-19-36(3)30-29(26)21(2)27(17-34-30)35-31(38)23-9-10-28(24(15-23)16-33)41-14-13-40-4/h9-10,15,17,19-20,22,25H,5-8,11-14,18H2,1-4H3,(H,35,38)/t20-,25+/m0/s1. The van der Waals surface area contributed by atoms with Gasteiger partial charge < -0.3 is 24.3 Å². The summed E-state index contributed by atoms with van der Waals surface area (Å²) in [5.41, 5.74) is 4.33. The van der Waals surface area contributed by atoms with E-state index in [1.807, 2.05) is 18.5 Å². The highest BCUT2D eigenvalue weighted by Gasteiger charge is 2.35. The highest BCUT2D eigenvalue weighted by atomic mass is 16.5. The molecule has 9 nitrogen and oxygen atoms in total. The van der Waals surface area contributed by atoms with Crippen LogP contribution in [0.25, 0.3) is 11.0 Å². The Kier molecular flexibility index (Phi) is 8.60. The monoisotopic (exact) mass is 557 g/mol. The second-order valence-electron chi connectivity index (χ2n) is 11.4. The van der Waals surface area contributed by atoms with E-state index in [0.29, 0.717) is 48.0 Å². The van der Waals surface area contributed by atoms with E-state index in [2.05, 4.69) is 29.4 Å². The summed E-state index contributed by atoms with van der Waals surface area (Å²) < 4.78 is 12.7. The van der Waals surface area contributed by atoms with Crippen molar-refractivity contribution in [3.63, 3.8) is 0 Å². The van der Waals surface area contributed by atoms with Crippen molar-refractivity contribution < 1.29 is 19.1 Å². The Morgan fingerprint density at radius 3 is 2.68 bits per heavy atom. The van der Waals surface area contributed by atoms with Gasteiger partial charge in [0.05, 0.1) is 24.1 Å². The average molecular weight is 558 g/mol. The number of aryl methyl sites for hydroxylation is 2. The lowest BCUT2D eigenvalue weighted by Gasteiger charge is -2.38. The van der Waals surface area contributed by atoms with Gasteiger partial charge in [-0.2, -0.15) is 5.26 Å². The zero-order valence-corrected chi connectivity index (χ0v) is 24.4. The lowest BCUT2D eigenvalue weighted by atomic mass is 9.80. The predicted octanol–water partition coefficient (Wildman–Crippen LogP) is 5.17. The van der Waals surface area contributed by atoms with Crippen LogP contribution in [0.15, 0.2) is 30.6 Å². The summed E-state index contributed by atoms with van der Waals surface area (Å²) in [6.45, 7) is 6.51. The van der Waals surface area contributed by atoms with Gasteiger partial charge in [-0.1, -0.05) is 19.8 Å². The van der Waals surface area contributed by atoms with Gasteiger partial charge in [0.15, 0.2) is 0 Å². The number of hydrogen-bond donors (Lipinski definition) is 1. The number of rotatable bonds is 8. The number of amides is 2. The van der Waals surface area contributed by atoms with Crippen LogP contribution >= 0.6 is 0 Å². The lowest BCUT2D eigenvalue weighted by Crippen LogP contribution is -2.44. The molecule has 0 radical (unpaired) electrons. The van der Waals surface area contributed by atoms with Gasteiger partial charge in [-0.25, -0.2) is 4.98 Å². The fraction of sp³-hybridized carbons (Fsp3) is 0.500. The number of fused-ring (bicyclic) bond motifs is 1. The molecule has 0 spiro atoms. The molecule has 2 aromatic heterocycles. The number of nitrogens with zero attached hydrogens (tertiary/aromatic N) is 4. The molecule has 41 heavy (non-hydrogen) atoms. The Morgan fingerprint density at radius 1 is 1.20 bits per heavy atom. The number of nitriles is 1. The van der Waals surface area contributed by atoms with Gasteiger partial charge in [-0.3, -0.25) is 9.59 Å².